The SMILES string of the molecule is CC1(C)c2ccccc2N(c2ccccc2)c2cnc3c(c21)c1ccccc1n3-c1nc(-c2ccccc2)nc(-c2ccccc2)n1. The minimum atomic E-state index is -0.323. The van der Waals surface area contributed by atoms with E-state index in [4.69, 9.17) is 19.9 Å². The van der Waals surface area contributed by atoms with Crippen molar-refractivity contribution in [1.29, 1.82) is 0 Å². The zero-order chi connectivity index (χ0) is 31.5. The van der Waals surface area contributed by atoms with E-state index in [1.165, 1.54) is 16.8 Å². The number of rotatable bonds is 4. The van der Waals surface area contributed by atoms with Gasteiger partial charge in [0.15, 0.2) is 11.6 Å². The molecule has 6 heteroatoms. The molecule has 0 unspecified atom stereocenters. The van der Waals surface area contributed by atoms with Crippen molar-refractivity contribution in [3.63, 3.8) is 0 Å². The van der Waals surface area contributed by atoms with Gasteiger partial charge in [0.1, 0.15) is 5.65 Å². The Kier molecular flexibility index (Phi) is 6.05. The molecule has 3 aromatic heterocycles. The smallest absolute Gasteiger partial charge is 0.240 e. The summed E-state index contributed by atoms with van der Waals surface area (Å²) in [7, 11) is 0. The summed E-state index contributed by atoms with van der Waals surface area (Å²) in [6, 6.07) is 47.9. The second-order valence-electron chi connectivity index (χ2n) is 12.4. The zero-order valence-electron chi connectivity index (χ0n) is 26.0. The molecule has 0 saturated carbocycles. The summed E-state index contributed by atoms with van der Waals surface area (Å²) in [6.45, 7) is 4.64. The first kappa shape index (κ1) is 27.2. The minimum absolute atomic E-state index is 0.323. The van der Waals surface area contributed by atoms with Gasteiger partial charge in [-0.1, -0.05) is 129 Å². The van der Waals surface area contributed by atoms with Crippen LogP contribution in [-0.4, -0.2) is 24.5 Å². The van der Waals surface area contributed by atoms with Crippen molar-refractivity contribution < 1.29 is 0 Å². The second-order valence-corrected chi connectivity index (χ2v) is 12.4. The van der Waals surface area contributed by atoms with E-state index in [9.17, 15) is 0 Å². The Bertz CT molecular complexity index is 2380. The third-order valence-corrected chi connectivity index (χ3v) is 9.25. The molecule has 0 radical (unpaired) electrons. The minimum Gasteiger partial charge on any atom is -0.308 e. The van der Waals surface area contributed by atoms with Crippen molar-refractivity contribution in [2.45, 2.75) is 19.3 Å². The first-order chi connectivity index (χ1) is 23.1. The van der Waals surface area contributed by atoms with Gasteiger partial charge in [-0.3, -0.25) is 4.57 Å². The predicted octanol–water partition coefficient (Wildman–Crippen LogP) is 9.81. The Morgan fingerprint density at radius 3 is 1.81 bits per heavy atom. The van der Waals surface area contributed by atoms with Crippen LogP contribution in [0.1, 0.15) is 25.0 Å². The molecule has 224 valence electrons. The molecule has 0 aliphatic carbocycles. The van der Waals surface area contributed by atoms with Gasteiger partial charge in [-0.15, -0.1) is 0 Å². The molecule has 0 N–H and O–H groups in total. The largest absolute Gasteiger partial charge is 0.308 e. The number of hydrogen-bond acceptors (Lipinski definition) is 5. The lowest BCUT2D eigenvalue weighted by atomic mass is 9.72. The Morgan fingerprint density at radius 2 is 1.13 bits per heavy atom. The van der Waals surface area contributed by atoms with Crippen LogP contribution in [0.3, 0.4) is 0 Å². The average molecular weight is 607 g/mol. The predicted molar refractivity (Wildman–Crippen MR) is 190 cm³/mol. The van der Waals surface area contributed by atoms with E-state index in [0.717, 1.165) is 44.4 Å². The van der Waals surface area contributed by atoms with Crippen molar-refractivity contribution in [3.05, 3.63) is 157 Å². The fourth-order valence-corrected chi connectivity index (χ4v) is 7.13. The van der Waals surface area contributed by atoms with E-state index in [1.54, 1.807) is 0 Å². The van der Waals surface area contributed by atoms with Crippen molar-refractivity contribution in [1.82, 2.24) is 24.5 Å². The molecule has 0 amide bonds. The number of nitrogens with zero attached hydrogens (tertiary/aromatic N) is 6. The van der Waals surface area contributed by atoms with Gasteiger partial charge in [0.25, 0.3) is 0 Å². The van der Waals surface area contributed by atoms with Crippen molar-refractivity contribution >= 4 is 39.0 Å². The van der Waals surface area contributed by atoms with Crippen LogP contribution in [0.4, 0.5) is 17.1 Å². The lowest BCUT2D eigenvalue weighted by molar-refractivity contribution is 0.637. The lowest BCUT2D eigenvalue weighted by Gasteiger charge is -2.42. The van der Waals surface area contributed by atoms with Gasteiger partial charge < -0.3 is 4.90 Å². The Balaban J connectivity index is 1.38. The van der Waals surface area contributed by atoms with Crippen LogP contribution in [-0.2, 0) is 5.41 Å². The molecular formula is C41H30N6. The summed E-state index contributed by atoms with van der Waals surface area (Å²) in [5.74, 6) is 1.76. The van der Waals surface area contributed by atoms with Gasteiger partial charge in [-0.25, -0.2) is 9.97 Å². The number of anilines is 3. The summed E-state index contributed by atoms with van der Waals surface area (Å²) in [5, 5.41) is 2.21. The Labute approximate surface area is 272 Å². The van der Waals surface area contributed by atoms with E-state index in [-0.39, 0.29) is 5.41 Å². The van der Waals surface area contributed by atoms with Crippen LogP contribution in [0, 0.1) is 0 Å². The van der Waals surface area contributed by atoms with Crippen LogP contribution < -0.4 is 4.90 Å². The van der Waals surface area contributed by atoms with Crippen LogP contribution >= 0.6 is 0 Å². The number of hydrogen-bond donors (Lipinski definition) is 0. The zero-order valence-corrected chi connectivity index (χ0v) is 26.0. The molecule has 1 aliphatic heterocycles. The van der Waals surface area contributed by atoms with Crippen molar-refractivity contribution in [2.24, 2.45) is 0 Å². The number of para-hydroxylation sites is 3. The summed E-state index contributed by atoms with van der Waals surface area (Å²) in [4.78, 5) is 22.8. The fraction of sp³-hybridized carbons (Fsp3) is 0.0732. The molecule has 0 spiro atoms. The quantitative estimate of drug-likeness (QED) is 0.200. The van der Waals surface area contributed by atoms with Crippen LogP contribution in [0.2, 0.25) is 0 Å². The first-order valence-corrected chi connectivity index (χ1v) is 15.8. The maximum Gasteiger partial charge on any atom is 0.240 e. The third kappa shape index (κ3) is 4.18. The number of benzene rings is 5. The van der Waals surface area contributed by atoms with E-state index in [0.29, 0.717) is 17.6 Å². The number of pyridine rings is 1. The van der Waals surface area contributed by atoms with E-state index < -0.39 is 0 Å². The maximum atomic E-state index is 5.25. The molecule has 9 rings (SSSR count). The molecule has 0 atom stereocenters. The molecule has 6 nitrogen and oxygen atoms in total. The van der Waals surface area contributed by atoms with Gasteiger partial charge in [0.2, 0.25) is 5.95 Å². The topological polar surface area (TPSA) is 59.7 Å². The second kappa shape index (κ2) is 10.5. The van der Waals surface area contributed by atoms with Gasteiger partial charge in [0.05, 0.1) is 23.1 Å². The molecule has 5 aromatic carbocycles. The summed E-state index contributed by atoms with van der Waals surface area (Å²) in [6.07, 6.45) is 2.02. The maximum absolute atomic E-state index is 5.25. The highest BCUT2D eigenvalue weighted by atomic mass is 15.2. The molecule has 4 heterocycles. The Hall–Kier alpha value is -6.14. The Morgan fingerprint density at radius 1 is 0.553 bits per heavy atom. The third-order valence-electron chi connectivity index (χ3n) is 9.25. The van der Waals surface area contributed by atoms with E-state index in [1.807, 2.05) is 66.9 Å². The molecule has 47 heavy (non-hydrogen) atoms. The summed E-state index contributed by atoms with van der Waals surface area (Å²) in [5.41, 5.74) is 9.16. The summed E-state index contributed by atoms with van der Waals surface area (Å²) < 4.78 is 2.11. The van der Waals surface area contributed by atoms with Crippen LogP contribution in [0.5, 0.6) is 0 Å². The number of fused-ring (bicyclic) bond motifs is 6. The monoisotopic (exact) mass is 606 g/mol. The highest BCUT2D eigenvalue weighted by Crippen LogP contribution is 2.54. The van der Waals surface area contributed by atoms with Crippen LogP contribution in [0.25, 0.3) is 50.7 Å². The van der Waals surface area contributed by atoms with Gasteiger partial charge >= 0.3 is 0 Å². The molecule has 8 aromatic rings. The molecule has 0 fully saturated rings. The van der Waals surface area contributed by atoms with Gasteiger partial charge in [0, 0.05) is 33.0 Å². The van der Waals surface area contributed by atoms with E-state index in [2.05, 4.69) is 102 Å². The highest BCUT2D eigenvalue weighted by molar-refractivity contribution is 6.12. The van der Waals surface area contributed by atoms with Gasteiger partial charge in [-0.2, -0.15) is 9.97 Å². The van der Waals surface area contributed by atoms with E-state index >= 15 is 0 Å². The standard InChI is InChI=1S/C41H30N6/c1-41(2)31-23-13-15-25-33(31)46(29-20-10-5-11-21-29)34-26-42-39-35(36(34)41)30-22-12-14-24-32(30)47(39)40-44-37(27-16-6-3-7-17-27)43-38(45-40)28-18-8-4-9-19-28/h3-26H,1-2H3. The average Bonchev–Trinajstić information content (AvgIpc) is 3.47. The number of aromatic nitrogens is 5. The fourth-order valence-electron chi connectivity index (χ4n) is 7.13. The first-order valence-electron chi connectivity index (χ1n) is 15.8. The molecule has 1 aliphatic rings. The molecule has 0 bridgehead atoms. The lowest BCUT2D eigenvalue weighted by Crippen LogP contribution is -2.31. The molecular weight excluding hydrogens is 576 g/mol. The van der Waals surface area contributed by atoms with Crippen molar-refractivity contribution in [2.75, 3.05) is 4.90 Å². The van der Waals surface area contributed by atoms with Gasteiger partial charge in [-0.05, 0) is 35.4 Å². The highest BCUT2D eigenvalue weighted by Gasteiger charge is 2.40. The van der Waals surface area contributed by atoms with Crippen LogP contribution in [0.15, 0.2) is 146 Å². The van der Waals surface area contributed by atoms with Crippen molar-refractivity contribution in [3.8, 4) is 28.7 Å². The normalized spacial score (nSPS) is 13.4. The summed E-state index contributed by atoms with van der Waals surface area (Å²) >= 11 is 0. The molecule has 0 saturated heterocycles.